The van der Waals surface area contributed by atoms with Crippen LogP contribution >= 0.6 is 0 Å². The van der Waals surface area contributed by atoms with Gasteiger partial charge in [0, 0.05) is 11.1 Å². The van der Waals surface area contributed by atoms with Crippen LogP contribution in [0.25, 0.3) is 0 Å². The van der Waals surface area contributed by atoms with Crippen molar-refractivity contribution in [2.75, 3.05) is 5.73 Å². The fourth-order valence-corrected chi connectivity index (χ4v) is 1.19. The van der Waals surface area contributed by atoms with Crippen molar-refractivity contribution >= 4 is 11.5 Å². The fraction of sp³-hybridized carbons (Fsp3) is 0.200. The third-order valence-corrected chi connectivity index (χ3v) is 1.95. The van der Waals surface area contributed by atoms with Gasteiger partial charge < -0.3 is 5.73 Å². The molecule has 0 radical (unpaired) electrons. The molecule has 0 aliphatic rings. The van der Waals surface area contributed by atoms with Gasteiger partial charge in [-0.2, -0.15) is 5.26 Å². The Morgan fingerprint density at radius 3 is 2.53 bits per heavy atom. The number of benzene rings is 1. The lowest BCUT2D eigenvalue weighted by atomic mass is 10.0. The maximum atomic E-state index is 12.5. The van der Waals surface area contributed by atoms with Crippen molar-refractivity contribution in [3.63, 3.8) is 0 Å². The lowest BCUT2D eigenvalue weighted by Gasteiger charge is -2.07. The lowest BCUT2D eigenvalue weighted by Crippen LogP contribution is -2.02. The van der Waals surface area contributed by atoms with Gasteiger partial charge in [-0.25, -0.2) is 8.78 Å². The molecule has 0 aliphatic carbocycles. The predicted octanol–water partition coefficient (Wildman–Crippen LogP) is 2.28. The topological polar surface area (TPSA) is 66.9 Å². The number of alkyl halides is 2. The van der Waals surface area contributed by atoms with Crippen LogP contribution in [-0.4, -0.2) is 5.78 Å². The number of nitrogens with zero attached hydrogens (tertiary/aromatic N) is 1. The Kier molecular flexibility index (Phi) is 3.00. The minimum Gasteiger partial charge on any atom is -0.398 e. The highest BCUT2D eigenvalue weighted by atomic mass is 19.3. The minimum atomic E-state index is -2.82. The van der Waals surface area contributed by atoms with Gasteiger partial charge in [-0.1, -0.05) is 0 Å². The van der Waals surface area contributed by atoms with Gasteiger partial charge in [-0.05, 0) is 19.1 Å². The molecular weight excluding hydrogens is 202 g/mol. The molecule has 0 aliphatic heterocycles. The van der Waals surface area contributed by atoms with Crippen molar-refractivity contribution in [3.8, 4) is 6.07 Å². The molecule has 5 heteroatoms. The summed E-state index contributed by atoms with van der Waals surface area (Å²) in [6.07, 6.45) is -2.82. The Balaban J connectivity index is 3.47. The van der Waals surface area contributed by atoms with Crippen LogP contribution < -0.4 is 5.73 Å². The van der Waals surface area contributed by atoms with E-state index in [2.05, 4.69) is 0 Å². The maximum absolute atomic E-state index is 12.5. The van der Waals surface area contributed by atoms with E-state index in [4.69, 9.17) is 11.0 Å². The summed E-state index contributed by atoms with van der Waals surface area (Å²) in [7, 11) is 0. The second-order valence-corrected chi connectivity index (χ2v) is 3.00. The molecule has 15 heavy (non-hydrogen) atoms. The SMILES string of the molecule is CC(=O)c1cc(N)c(C#N)c(C(F)F)c1. The number of carbonyl (C=O) groups is 1. The largest absolute Gasteiger partial charge is 0.398 e. The Labute approximate surface area is 85.1 Å². The second kappa shape index (κ2) is 4.05. The van der Waals surface area contributed by atoms with E-state index in [1.807, 2.05) is 0 Å². The fourth-order valence-electron chi connectivity index (χ4n) is 1.19. The summed E-state index contributed by atoms with van der Waals surface area (Å²) < 4.78 is 25.0. The highest BCUT2D eigenvalue weighted by Crippen LogP contribution is 2.28. The van der Waals surface area contributed by atoms with Crippen LogP contribution in [0.1, 0.15) is 34.8 Å². The molecule has 78 valence electrons. The number of hydrogen-bond donors (Lipinski definition) is 1. The maximum Gasteiger partial charge on any atom is 0.265 e. The highest BCUT2D eigenvalue weighted by Gasteiger charge is 2.17. The Morgan fingerprint density at radius 2 is 2.13 bits per heavy atom. The number of anilines is 1. The van der Waals surface area contributed by atoms with E-state index in [9.17, 15) is 13.6 Å². The average Bonchev–Trinajstić information content (AvgIpc) is 2.16. The first-order valence-corrected chi connectivity index (χ1v) is 4.10. The molecule has 0 unspecified atom stereocenters. The molecule has 1 aromatic rings. The summed E-state index contributed by atoms with van der Waals surface area (Å²) in [6, 6.07) is 3.83. The predicted molar refractivity (Wildman–Crippen MR) is 50.5 cm³/mol. The molecule has 0 saturated heterocycles. The Bertz CT molecular complexity index is 449. The Hall–Kier alpha value is -1.96. The molecule has 1 aromatic carbocycles. The van der Waals surface area contributed by atoms with Crippen LogP contribution in [-0.2, 0) is 0 Å². The van der Waals surface area contributed by atoms with Crippen molar-refractivity contribution in [2.45, 2.75) is 13.3 Å². The molecule has 1 rings (SSSR count). The van der Waals surface area contributed by atoms with Crippen LogP contribution in [0, 0.1) is 11.3 Å². The second-order valence-electron chi connectivity index (χ2n) is 3.00. The summed E-state index contributed by atoms with van der Waals surface area (Å²) in [4.78, 5) is 11.0. The van der Waals surface area contributed by atoms with Crippen molar-refractivity contribution < 1.29 is 13.6 Å². The number of halogens is 2. The number of Topliss-reactive ketones (excluding diaryl/α,β-unsaturated/α-hetero) is 1. The normalized spacial score (nSPS) is 10.1. The van der Waals surface area contributed by atoms with Gasteiger partial charge in [-0.15, -0.1) is 0 Å². The van der Waals surface area contributed by atoms with Crippen molar-refractivity contribution in [2.24, 2.45) is 0 Å². The van der Waals surface area contributed by atoms with E-state index in [1.165, 1.54) is 13.0 Å². The number of rotatable bonds is 2. The quantitative estimate of drug-likeness (QED) is 0.601. The van der Waals surface area contributed by atoms with Gasteiger partial charge in [-0.3, -0.25) is 4.79 Å². The molecule has 0 amide bonds. The van der Waals surface area contributed by atoms with Crippen LogP contribution in [0.4, 0.5) is 14.5 Å². The van der Waals surface area contributed by atoms with Gasteiger partial charge in [0.25, 0.3) is 6.43 Å². The van der Waals surface area contributed by atoms with Gasteiger partial charge in [0.2, 0.25) is 0 Å². The molecule has 0 heterocycles. The minimum absolute atomic E-state index is 0.0850. The standard InChI is InChI=1S/C10H8F2N2O/c1-5(15)6-2-7(10(11)12)8(4-13)9(14)3-6/h2-3,10H,14H2,1H3. The molecule has 0 spiro atoms. The number of nitrogens with two attached hydrogens (primary N) is 1. The van der Waals surface area contributed by atoms with Gasteiger partial charge >= 0.3 is 0 Å². The van der Waals surface area contributed by atoms with Crippen molar-refractivity contribution in [1.29, 1.82) is 5.26 Å². The molecular formula is C10H8F2N2O. The monoisotopic (exact) mass is 210 g/mol. The van der Waals surface area contributed by atoms with E-state index < -0.39 is 12.0 Å². The lowest BCUT2D eigenvalue weighted by molar-refractivity contribution is 0.101. The Morgan fingerprint density at radius 1 is 1.53 bits per heavy atom. The van der Waals surface area contributed by atoms with Gasteiger partial charge in [0.05, 0.1) is 11.3 Å². The zero-order chi connectivity index (χ0) is 11.6. The number of carbonyl (C=O) groups excluding carboxylic acids is 1. The zero-order valence-corrected chi connectivity index (χ0v) is 7.92. The summed E-state index contributed by atoms with van der Waals surface area (Å²) in [5.74, 6) is -0.368. The number of nitrogen functional groups attached to an aromatic ring is 1. The van der Waals surface area contributed by atoms with Crippen LogP contribution in [0.3, 0.4) is 0 Å². The van der Waals surface area contributed by atoms with Crippen LogP contribution in [0.5, 0.6) is 0 Å². The summed E-state index contributed by atoms with van der Waals surface area (Å²) >= 11 is 0. The summed E-state index contributed by atoms with van der Waals surface area (Å²) in [6.45, 7) is 1.25. The average molecular weight is 210 g/mol. The summed E-state index contributed by atoms with van der Waals surface area (Å²) in [5.41, 5.74) is 4.62. The molecule has 3 nitrogen and oxygen atoms in total. The third-order valence-electron chi connectivity index (χ3n) is 1.95. The number of nitriles is 1. The number of ketones is 1. The zero-order valence-electron chi connectivity index (χ0n) is 7.92. The van der Waals surface area contributed by atoms with E-state index in [-0.39, 0.29) is 22.6 Å². The molecule has 0 fully saturated rings. The smallest absolute Gasteiger partial charge is 0.265 e. The van der Waals surface area contributed by atoms with Crippen LogP contribution in [0.2, 0.25) is 0 Å². The van der Waals surface area contributed by atoms with Crippen molar-refractivity contribution in [1.82, 2.24) is 0 Å². The van der Waals surface area contributed by atoms with Gasteiger partial charge in [0.15, 0.2) is 5.78 Å². The number of hydrogen-bond acceptors (Lipinski definition) is 3. The first-order chi connectivity index (χ1) is 6.97. The first-order valence-electron chi connectivity index (χ1n) is 4.10. The third kappa shape index (κ3) is 2.10. The molecule has 0 aromatic heterocycles. The summed E-state index contributed by atoms with van der Waals surface area (Å²) in [5, 5.41) is 8.63. The van der Waals surface area contributed by atoms with E-state index in [1.54, 1.807) is 6.07 Å². The van der Waals surface area contributed by atoms with E-state index in [0.717, 1.165) is 6.07 Å². The first kappa shape index (κ1) is 11.1. The van der Waals surface area contributed by atoms with E-state index >= 15 is 0 Å². The molecule has 0 atom stereocenters. The van der Waals surface area contributed by atoms with Crippen LogP contribution in [0.15, 0.2) is 12.1 Å². The molecule has 0 bridgehead atoms. The van der Waals surface area contributed by atoms with E-state index in [0.29, 0.717) is 0 Å². The van der Waals surface area contributed by atoms with Gasteiger partial charge in [0.1, 0.15) is 6.07 Å². The van der Waals surface area contributed by atoms with Crippen molar-refractivity contribution in [3.05, 3.63) is 28.8 Å². The highest BCUT2D eigenvalue weighted by molar-refractivity contribution is 5.95. The molecule has 2 N–H and O–H groups in total. The molecule has 0 saturated carbocycles.